The zero-order chi connectivity index (χ0) is 18.1. The van der Waals surface area contributed by atoms with E-state index in [0.29, 0.717) is 22.9 Å². The molecule has 1 amide bonds. The summed E-state index contributed by atoms with van der Waals surface area (Å²) < 4.78 is 0. The summed E-state index contributed by atoms with van der Waals surface area (Å²) in [5.74, 6) is 3.49. The number of carbonyl (C=O) groups excluding carboxylic acids is 1. The van der Waals surface area contributed by atoms with Crippen molar-refractivity contribution in [1.29, 1.82) is 0 Å². The van der Waals surface area contributed by atoms with Crippen LogP contribution in [-0.2, 0) is 4.79 Å². The van der Waals surface area contributed by atoms with Gasteiger partial charge in [0, 0.05) is 41.6 Å². The summed E-state index contributed by atoms with van der Waals surface area (Å²) in [5.41, 5.74) is 8.33. The molecular weight excluding hydrogens is 437 g/mol. The third-order valence-corrected chi connectivity index (χ3v) is 7.53. The molecule has 4 nitrogen and oxygen atoms in total. The Bertz CT molecular complexity index is 658. The number of rotatable bonds is 3. The maximum atomic E-state index is 13.0. The van der Waals surface area contributed by atoms with Gasteiger partial charge in [-0.3, -0.25) is 4.79 Å². The smallest absolute Gasteiger partial charge is 0.227 e. The van der Waals surface area contributed by atoms with Crippen LogP contribution in [0.5, 0.6) is 0 Å². The lowest BCUT2D eigenvalue weighted by molar-refractivity contribution is -0.122. The Morgan fingerprint density at radius 3 is 2.43 bits per heavy atom. The van der Waals surface area contributed by atoms with E-state index in [0.717, 1.165) is 48.8 Å². The number of nitrogens with zero attached hydrogens (tertiary/aromatic N) is 1. The molecule has 3 fully saturated rings. The lowest BCUT2D eigenvalue weighted by Crippen LogP contribution is -2.48. The van der Waals surface area contributed by atoms with E-state index in [-0.39, 0.29) is 36.6 Å². The van der Waals surface area contributed by atoms with Crippen molar-refractivity contribution in [3.05, 3.63) is 23.2 Å². The van der Waals surface area contributed by atoms with Crippen molar-refractivity contribution < 1.29 is 4.79 Å². The van der Waals surface area contributed by atoms with E-state index in [1.54, 1.807) is 0 Å². The summed E-state index contributed by atoms with van der Waals surface area (Å²) in [6.07, 6.45) is 5.48. The van der Waals surface area contributed by atoms with Crippen molar-refractivity contribution >= 4 is 65.5 Å². The second-order valence-corrected chi connectivity index (χ2v) is 9.61. The molecule has 1 aliphatic heterocycles. The molecule has 8 heteroatoms. The van der Waals surface area contributed by atoms with Gasteiger partial charge >= 0.3 is 0 Å². The monoisotopic (exact) mass is 465 g/mol. The topological polar surface area (TPSA) is 58.4 Å². The van der Waals surface area contributed by atoms with Gasteiger partial charge in [0.25, 0.3) is 0 Å². The van der Waals surface area contributed by atoms with Gasteiger partial charge in [-0.15, -0.1) is 24.8 Å². The lowest BCUT2D eigenvalue weighted by atomic mass is 9.65. The molecule has 0 spiro atoms. The second kappa shape index (κ2) is 10.6. The fourth-order valence-electron chi connectivity index (χ4n) is 4.93. The quantitative estimate of drug-likeness (QED) is 0.670. The van der Waals surface area contributed by atoms with Crippen LogP contribution in [0.25, 0.3) is 0 Å². The minimum atomic E-state index is 0. The Balaban J connectivity index is 0.00000140. The summed E-state index contributed by atoms with van der Waals surface area (Å²) in [6.45, 7) is 2.02. The maximum absolute atomic E-state index is 13.0. The van der Waals surface area contributed by atoms with Crippen molar-refractivity contribution in [2.24, 2.45) is 23.5 Å². The van der Waals surface area contributed by atoms with Gasteiger partial charge in [0.15, 0.2) is 0 Å². The van der Waals surface area contributed by atoms with E-state index >= 15 is 0 Å². The zero-order valence-corrected chi connectivity index (χ0v) is 19.1. The molecule has 0 radical (unpaired) electrons. The number of nitrogens with one attached hydrogen (secondary N) is 1. The highest BCUT2D eigenvalue weighted by molar-refractivity contribution is 7.99. The number of benzene rings is 1. The van der Waals surface area contributed by atoms with Crippen LogP contribution in [0.1, 0.15) is 32.1 Å². The lowest BCUT2D eigenvalue weighted by Gasteiger charge is -2.43. The Kier molecular flexibility index (Phi) is 9.09. The summed E-state index contributed by atoms with van der Waals surface area (Å²) in [5, 5.41) is 3.87. The minimum Gasteiger partial charge on any atom is -0.368 e. The molecular formula is C20H30Cl3N3OS. The molecule has 158 valence electrons. The number of amides is 1. The highest BCUT2D eigenvalue weighted by Crippen LogP contribution is 2.42. The molecule has 1 saturated heterocycles. The van der Waals surface area contributed by atoms with Crippen LogP contribution in [-0.4, -0.2) is 36.5 Å². The van der Waals surface area contributed by atoms with Gasteiger partial charge in [0.2, 0.25) is 5.91 Å². The number of anilines is 2. The molecule has 2 bridgehead atoms. The summed E-state index contributed by atoms with van der Waals surface area (Å²) >= 11 is 8.21. The molecule has 2 saturated carbocycles. The number of thioether (sulfide) groups is 1. The summed E-state index contributed by atoms with van der Waals surface area (Å²) in [4.78, 5) is 15.4. The number of fused-ring (bicyclic) bond motifs is 2. The van der Waals surface area contributed by atoms with Crippen LogP contribution in [0.4, 0.5) is 11.4 Å². The predicted molar refractivity (Wildman–Crippen MR) is 126 cm³/mol. The van der Waals surface area contributed by atoms with E-state index in [2.05, 4.69) is 10.2 Å². The van der Waals surface area contributed by atoms with Crippen molar-refractivity contribution in [2.45, 2.75) is 38.1 Å². The number of carbonyl (C=O) groups is 1. The average Bonchev–Trinajstić information content (AvgIpc) is 2.62. The van der Waals surface area contributed by atoms with Gasteiger partial charge in [-0.25, -0.2) is 0 Å². The van der Waals surface area contributed by atoms with Crippen molar-refractivity contribution in [2.75, 3.05) is 34.8 Å². The van der Waals surface area contributed by atoms with Gasteiger partial charge in [-0.1, -0.05) is 18.0 Å². The first-order chi connectivity index (χ1) is 12.6. The second-order valence-electron chi connectivity index (χ2n) is 7.95. The third-order valence-electron chi connectivity index (χ3n) is 6.35. The van der Waals surface area contributed by atoms with Crippen LogP contribution >= 0.6 is 48.2 Å². The minimum absolute atomic E-state index is 0. The van der Waals surface area contributed by atoms with Crippen molar-refractivity contribution in [3.8, 4) is 0 Å². The molecule has 2 atom stereocenters. The Morgan fingerprint density at radius 2 is 1.79 bits per heavy atom. The molecule has 28 heavy (non-hydrogen) atoms. The first kappa shape index (κ1) is 23.9. The predicted octanol–water partition coefficient (Wildman–Crippen LogP) is 4.83. The highest BCUT2D eigenvalue weighted by Gasteiger charge is 2.40. The van der Waals surface area contributed by atoms with E-state index < -0.39 is 0 Å². The van der Waals surface area contributed by atoms with E-state index in [1.165, 1.54) is 19.3 Å². The molecule has 1 aromatic carbocycles. The third kappa shape index (κ3) is 5.23. The summed E-state index contributed by atoms with van der Waals surface area (Å²) in [7, 11) is 0. The highest BCUT2D eigenvalue weighted by atomic mass is 35.5. The van der Waals surface area contributed by atoms with Gasteiger partial charge in [0.1, 0.15) is 0 Å². The van der Waals surface area contributed by atoms with E-state index in [9.17, 15) is 4.79 Å². The molecule has 3 N–H and O–H groups in total. The normalized spacial score (nSPS) is 29.3. The SMILES string of the molecule is Cl.Cl.NC1C2CCCC1CC(C(=O)Nc1cc(Cl)ccc1N1CCSCC1)C2. The molecule has 1 aromatic rings. The maximum Gasteiger partial charge on any atom is 0.227 e. The first-order valence-electron chi connectivity index (χ1n) is 9.80. The molecule has 0 aromatic heterocycles. The first-order valence-corrected chi connectivity index (χ1v) is 11.3. The van der Waals surface area contributed by atoms with Gasteiger partial charge in [0.05, 0.1) is 11.4 Å². The molecule has 2 aliphatic carbocycles. The van der Waals surface area contributed by atoms with Gasteiger partial charge in [-0.2, -0.15) is 11.8 Å². The van der Waals surface area contributed by atoms with Crippen LogP contribution < -0.4 is 16.0 Å². The van der Waals surface area contributed by atoms with Crippen LogP contribution in [0.15, 0.2) is 18.2 Å². The standard InChI is InChI=1S/C20H28ClN3OS.2ClH/c21-16-4-5-18(24-6-8-26-9-7-24)17(12-16)23-20(25)15-10-13-2-1-3-14(11-15)19(13)22;;/h4-5,12-15,19H,1-3,6-11,22H2,(H,23,25);2*1H. The van der Waals surface area contributed by atoms with Crippen molar-refractivity contribution in [1.82, 2.24) is 0 Å². The van der Waals surface area contributed by atoms with Gasteiger partial charge < -0.3 is 16.0 Å². The van der Waals surface area contributed by atoms with Crippen LogP contribution in [0, 0.1) is 17.8 Å². The van der Waals surface area contributed by atoms with Crippen LogP contribution in [0.3, 0.4) is 0 Å². The van der Waals surface area contributed by atoms with Gasteiger partial charge in [-0.05, 0) is 55.7 Å². The van der Waals surface area contributed by atoms with Crippen LogP contribution in [0.2, 0.25) is 5.02 Å². The Morgan fingerprint density at radius 1 is 1.14 bits per heavy atom. The fourth-order valence-corrected chi connectivity index (χ4v) is 6.00. The fraction of sp³-hybridized carbons (Fsp3) is 0.650. The number of hydrogen-bond acceptors (Lipinski definition) is 4. The number of nitrogens with two attached hydrogens (primary N) is 1. The van der Waals surface area contributed by atoms with E-state index in [1.807, 2.05) is 30.0 Å². The average molecular weight is 467 g/mol. The zero-order valence-electron chi connectivity index (χ0n) is 15.9. The summed E-state index contributed by atoms with van der Waals surface area (Å²) in [6, 6.07) is 6.14. The number of hydrogen-bond donors (Lipinski definition) is 2. The molecule has 4 rings (SSSR count). The molecule has 2 unspecified atom stereocenters. The number of halogens is 3. The molecule has 1 heterocycles. The molecule has 3 aliphatic rings. The Hall–Kier alpha value is -0.330. The van der Waals surface area contributed by atoms with E-state index in [4.69, 9.17) is 17.3 Å². The largest absolute Gasteiger partial charge is 0.368 e. The Labute approximate surface area is 189 Å². The van der Waals surface area contributed by atoms with Crippen molar-refractivity contribution in [3.63, 3.8) is 0 Å².